The van der Waals surface area contributed by atoms with Crippen molar-refractivity contribution in [3.63, 3.8) is 0 Å². The van der Waals surface area contributed by atoms with Crippen LogP contribution in [-0.2, 0) is 9.47 Å². The molecule has 0 atom stereocenters. The van der Waals surface area contributed by atoms with Gasteiger partial charge in [0.1, 0.15) is 0 Å². The van der Waals surface area contributed by atoms with Crippen LogP contribution in [0.4, 0.5) is 0 Å². The Kier molecular flexibility index (Phi) is 4.53. The topological polar surface area (TPSA) is 18.5 Å². The summed E-state index contributed by atoms with van der Waals surface area (Å²) in [6.45, 7) is 1.35. The van der Waals surface area contributed by atoms with Gasteiger partial charge in [-0.25, -0.2) is 0 Å². The van der Waals surface area contributed by atoms with E-state index in [0.717, 1.165) is 0 Å². The summed E-state index contributed by atoms with van der Waals surface area (Å²) in [5.74, 6) is 0. The summed E-state index contributed by atoms with van der Waals surface area (Å²) in [5, 5.41) is 0. The summed E-state index contributed by atoms with van der Waals surface area (Å²) in [5.41, 5.74) is 0. The highest BCUT2D eigenvalue weighted by Gasteiger charge is 2.56. The minimum atomic E-state index is -1.31. The number of hydrogen-bond acceptors (Lipinski definition) is 2. The smallest absolute Gasteiger partial charge is 0.244 e. The van der Waals surface area contributed by atoms with Crippen LogP contribution < -0.4 is 0 Å². The normalized spacial score (nSPS) is 19.5. The van der Waals surface area contributed by atoms with Crippen molar-refractivity contribution < 1.29 is 9.47 Å². The van der Waals surface area contributed by atoms with Gasteiger partial charge in [0.25, 0.3) is 0 Å². The SMILES string of the molecule is CS(C)(c1ccccc1)C1(S(C)(C)c2ccccc2)OCCO1. The van der Waals surface area contributed by atoms with Gasteiger partial charge in [-0.05, 0) is 59.1 Å². The molecular formula is C19H26O2S2. The van der Waals surface area contributed by atoms with E-state index in [2.05, 4.69) is 85.7 Å². The lowest BCUT2D eigenvalue weighted by Crippen LogP contribution is -2.40. The monoisotopic (exact) mass is 350 g/mol. The minimum absolute atomic E-state index is 0.539. The van der Waals surface area contributed by atoms with Gasteiger partial charge in [-0.2, -0.15) is 20.1 Å². The standard InChI is InChI=1S/C19H26O2S2/c1-22(2,17-11-7-5-8-12-17)19(20-15-16-21-19)23(3,4)18-13-9-6-10-14-18/h5-14H,15-16H2,1-4H3. The van der Waals surface area contributed by atoms with Gasteiger partial charge in [0.05, 0.1) is 13.2 Å². The first kappa shape index (κ1) is 16.9. The molecule has 2 nitrogen and oxygen atoms in total. The molecule has 1 saturated heterocycles. The molecule has 2 aromatic rings. The fraction of sp³-hybridized carbons (Fsp3) is 0.368. The summed E-state index contributed by atoms with van der Waals surface area (Å²) >= 11 is 0. The van der Waals surface area contributed by atoms with Crippen molar-refractivity contribution in [3.05, 3.63) is 60.7 Å². The van der Waals surface area contributed by atoms with Crippen molar-refractivity contribution in [1.29, 1.82) is 0 Å². The average Bonchev–Trinajstić information content (AvgIpc) is 3.09. The second-order valence-corrected chi connectivity index (χ2v) is 14.1. The molecule has 0 spiro atoms. The van der Waals surface area contributed by atoms with E-state index in [-0.39, 0.29) is 0 Å². The molecule has 0 unspecified atom stereocenters. The van der Waals surface area contributed by atoms with E-state index in [9.17, 15) is 0 Å². The Bertz CT molecular complexity index is 594. The molecular weight excluding hydrogens is 324 g/mol. The number of benzene rings is 2. The lowest BCUT2D eigenvalue weighted by Gasteiger charge is -2.57. The van der Waals surface area contributed by atoms with Gasteiger partial charge in [-0.1, -0.05) is 36.4 Å². The molecule has 3 rings (SSSR count). The summed E-state index contributed by atoms with van der Waals surface area (Å²) in [7, 11) is -2.63. The van der Waals surface area contributed by atoms with E-state index in [1.807, 2.05) is 0 Å². The summed E-state index contributed by atoms with van der Waals surface area (Å²) in [6, 6.07) is 21.4. The predicted molar refractivity (Wildman–Crippen MR) is 103 cm³/mol. The van der Waals surface area contributed by atoms with Crippen LogP contribution >= 0.6 is 20.1 Å². The molecule has 0 radical (unpaired) electrons. The number of rotatable bonds is 4. The fourth-order valence-electron chi connectivity index (χ4n) is 3.30. The van der Waals surface area contributed by atoms with Crippen LogP contribution in [0.15, 0.2) is 70.5 Å². The van der Waals surface area contributed by atoms with Gasteiger partial charge < -0.3 is 9.47 Å². The molecule has 1 aliphatic rings. The van der Waals surface area contributed by atoms with Crippen LogP contribution in [0.5, 0.6) is 0 Å². The molecule has 2 aromatic carbocycles. The highest BCUT2D eigenvalue weighted by molar-refractivity contribution is 8.49. The van der Waals surface area contributed by atoms with Gasteiger partial charge >= 0.3 is 0 Å². The van der Waals surface area contributed by atoms with Gasteiger partial charge in [0.15, 0.2) is 0 Å². The Balaban J connectivity index is 2.14. The zero-order valence-corrected chi connectivity index (χ0v) is 16.0. The maximum absolute atomic E-state index is 6.43. The largest absolute Gasteiger partial charge is 0.332 e. The first-order valence-electron chi connectivity index (χ1n) is 7.76. The van der Waals surface area contributed by atoms with Crippen LogP contribution in [0.25, 0.3) is 0 Å². The minimum Gasteiger partial charge on any atom is -0.332 e. The number of ether oxygens (including phenoxy) is 2. The quantitative estimate of drug-likeness (QED) is 0.781. The van der Waals surface area contributed by atoms with E-state index in [1.54, 1.807) is 0 Å². The lowest BCUT2D eigenvalue weighted by molar-refractivity contribution is -0.00484. The average molecular weight is 351 g/mol. The molecule has 0 aromatic heterocycles. The van der Waals surface area contributed by atoms with Crippen LogP contribution in [-0.4, -0.2) is 42.7 Å². The van der Waals surface area contributed by atoms with Gasteiger partial charge in [0, 0.05) is 0 Å². The maximum Gasteiger partial charge on any atom is 0.244 e. The molecule has 1 heterocycles. The van der Waals surface area contributed by atoms with Gasteiger partial charge in [-0.15, -0.1) is 0 Å². The first-order valence-corrected chi connectivity index (χ1v) is 12.7. The van der Waals surface area contributed by atoms with E-state index in [1.165, 1.54) is 9.79 Å². The highest BCUT2D eigenvalue weighted by atomic mass is 32.3. The molecule has 0 aliphatic carbocycles. The molecule has 23 heavy (non-hydrogen) atoms. The molecule has 1 fully saturated rings. The highest BCUT2D eigenvalue weighted by Crippen LogP contribution is 2.78. The van der Waals surface area contributed by atoms with Crippen LogP contribution in [0.2, 0.25) is 0 Å². The van der Waals surface area contributed by atoms with Crippen LogP contribution in [0.1, 0.15) is 0 Å². The second-order valence-electron chi connectivity index (χ2n) is 6.48. The third kappa shape index (κ3) is 2.62. The third-order valence-electron chi connectivity index (χ3n) is 4.56. The van der Waals surface area contributed by atoms with Crippen molar-refractivity contribution in [3.8, 4) is 0 Å². The lowest BCUT2D eigenvalue weighted by atomic mass is 10.4. The van der Waals surface area contributed by atoms with Crippen molar-refractivity contribution in [1.82, 2.24) is 0 Å². The second kappa shape index (κ2) is 6.17. The van der Waals surface area contributed by atoms with E-state index < -0.39 is 24.5 Å². The molecule has 4 heteroatoms. The third-order valence-corrected chi connectivity index (χ3v) is 12.9. The Hall–Kier alpha value is -0.940. The summed E-state index contributed by atoms with van der Waals surface area (Å²) in [4.78, 5) is 2.66. The predicted octanol–water partition coefficient (Wildman–Crippen LogP) is 4.89. The van der Waals surface area contributed by atoms with E-state index >= 15 is 0 Å². The summed E-state index contributed by atoms with van der Waals surface area (Å²) in [6.07, 6.45) is 9.30. The van der Waals surface area contributed by atoms with Crippen molar-refractivity contribution in [2.45, 2.75) is 14.2 Å². The maximum atomic E-state index is 6.43. The Morgan fingerprint density at radius 1 is 0.652 bits per heavy atom. The first-order chi connectivity index (χ1) is 10.9. The summed E-state index contributed by atoms with van der Waals surface area (Å²) < 4.78 is 12.3. The zero-order valence-electron chi connectivity index (χ0n) is 14.3. The fourth-order valence-corrected chi connectivity index (χ4v) is 11.8. The zero-order chi connectivity index (χ0) is 16.6. The molecule has 1 aliphatic heterocycles. The van der Waals surface area contributed by atoms with Gasteiger partial charge in [0.2, 0.25) is 4.45 Å². The van der Waals surface area contributed by atoms with E-state index in [4.69, 9.17) is 9.47 Å². The van der Waals surface area contributed by atoms with Crippen LogP contribution in [0, 0.1) is 0 Å². The molecule has 0 amide bonds. The molecule has 0 saturated carbocycles. The number of hydrogen-bond donors (Lipinski definition) is 0. The van der Waals surface area contributed by atoms with Crippen molar-refractivity contribution >= 4 is 20.1 Å². The molecule has 126 valence electrons. The Morgan fingerprint density at radius 3 is 1.35 bits per heavy atom. The van der Waals surface area contributed by atoms with E-state index in [0.29, 0.717) is 13.2 Å². The van der Waals surface area contributed by atoms with Crippen molar-refractivity contribution in [2.75, 3.05) is 38.2 Å². The Morgan fingerprint density at radius 2 is 1.00 bits per heavy atom. The van der Waals surface area contributed by atoms with Crippen molar-refractivity contribution in [2.24, 2.45) is 0 Å². The molecule has 0 N–H and O–H groups in total. The molecule has 0 bridgehead atoms. The van der Waals surface area contributed by atoms with Gasteiger partial charge in [-0.3, -0.25) is 0 Å². The Labute approximate surface area is 142 Å². The van der Waals surface area contributed by atoms with Crippen LogP contribution in [0.3, 0.4) is 0 Å².